The van der Waals surface area contributed by atoms with E-state index in [1.165, 1.54) is 4.90 Å². The summed E-state index contributed by atoms with van der Waals surface area (Å²) >= 11 is 0. The number of para-hydroxylation sites is 1. The van der Waals surface area contributed by atoms with Gasteiger partial charge in [0.15, 0.2) is 6.61 Å². The Labute approximate surface area is 158 Å². The normalized spacial score (nSPS) is 9.85. The second kappa shape index (κ2) is 9.25. The average molecular weight is 366 g/mol. The zero-order valence-electron chi connectivity index (χ0n) is 15.6. The molecule has 2 aromatic rings. The maximum Gasteiger partial charge on any atom is 0.322 e. The Kier molecular flexibility index (Phi) is 6.78. The second-order valence-corrected chi connectivity index (χ2v) is 6.07. The summed E-state index contributed by atoms with van der Waals surface area (Å²) in [5, 5.41) is 14.0. The van der Waals surface area contributed by atoms with Crippen LogP contribution in [0.5, 0.6) is 5.75 Å². The minimum absolute atomic E-state index is 0.0378. The van der Waals surface area contributed by atoms with Crippen LogP contribution in [0, 0.1) is 25.2 Å². The summed E-state index contributed by atoms with van der Waals surface area (Å²) in [5.74, 6) is 0.265. The molecule has 2 aromatic carbocycles. The van der Waals surface area contributed by atoms with Gasteiger partial charge in [-0.1, -0.05) is 18.2 Å². The molecule has 0 saturated heterocycles. The van der Waals surface area contributed by atoms with E-state index in [4.69, 9.17) is 10.00 Å². The van der Waals surface area contributed by atoms with E-state index >= 15 is 0 Å². The molecule has 0 bridgehead atoms. The molecule has 0 radical (unpaired) electrons. The molecular weight excluding hydrogens is 344 g/mol. The molecular formula is C20H22N4O3. The number of aryl methyl sites for hydroxylation is 2. The smallest absolute Gasteiger partial charge is 0.322 e. The van der Waals surface area contributed by atoms with Crippen LogP contribution in [0.15, 0.2) is 42.5 Å². The second-order valence-electron chi connectivity index (χ2n) is 6.07. The summed E-state index contributed by atoms with van der Waals surface area (Å²) in [5.41, 5.74) is 3.26. The van der Waals surface area contributed by atoms with Gasteiger partial charge in [0.05, 0.1) is 0 Å². The van der Waals surface area contributed by atoms with Crippen molar-refractivity contribution in [2.75, 3.05) is 30.8 Å². The number of ether oxygens (including phenoxy) is 1. The fraction of sp³-hybridized carbons (Fsp3) is 0.250. The van der Waals surface area contributed by atoms with Crippen molar-refractivity contribution in [3.05, 3.63) is 53.6 Å². The summed E-state index contributed by atoms with van der Waals surface area (Å²) in [6.45, 7) is 3.72. The third kappa shape index (κ3) is 5.75. The molecule has 140 valence electrons. The highest BCUT2D eigenvalue weighted by Gasteiger charge is 2.14. The Morgan fingerprint density at radius 1 is 1.07 bits per heavy atom. The number of nitrogens with zero attached hydrogens (tertiary/aromatic N) is 2. The van der Waals surface area contributed by atoms with Crippen molar-refractivity contribution in [3.8, 4) is 11.8 Å². The van der Waals surface area contributed by atoms with Crippen molar-refractivity contribution in [2.45, 2.75) is 13.8 Å². The lowest BCUT2D eigenvalue weighted by atomic mass is 10.1. The number of amides is 3. The molecule has 27 heavy (non-hydrogen) atoms. The van der Waals surface area contributed by atoms with E-state index in [0.29, 0.717) is 11.4 Å². The number of rotatable bonds is 6. The number of hydrogen-bond acceptors (Lipinski definition) is 4. The van der Waals surface area contributed by atoms with Crippen molar-refractivity contribution in [1.82, 2.24) is 4.90 Å². The van der Waals surface area contributed by atoms with Crippen LogP contribution in [0.4, 0.5) is 16.2 Å². The third-order valence-corrected chi connectivity index (χ3v) is 3.88. The van der Waals surface area contributed by atoms with Gasteiger partial charge in [0.2, 0.25) is 5.91 Å². The average Bonchev–Trinajstić information content (AvgIpc) is 2.64. The molecule has 0 aliphatic rings. The van der Waals surface area contributed by atoms with Crippen molar-refractivity contribution in [1.29, 1.82) is 5.26 Å². The predicted octanol–water partition coefficient (Wildman–Crippen LogP) is 3.31. The minimum Gasteiger partial charge on any atom is -0.479 e. The molecule has 0 aromatic heterocycles. The van der Waals surface area contributed by atoms with Gasteiger partial charge in [0.25, 0.3) is 0 Å². The highest BCUT2D eigenvalue weighted by molar-refractivity contribution is 5.97. The summed E-state index contributed by atoms with van der Waals surface area (Å²) in [6.07, 6.45) is 0. The molecule has 0 aliphatic heterocycles. The van der Waals surface area contributed by atoms with E-state index in [2.05, 4.69) is 10.6 Å². The van der Waals surface area contributed by atoms with Crippen molar-refractivity contribution < 1.29 is 14.3 Å². The molecule has 0 heterocycles. The largest absolute Gasteiger partial charge is 0.479 e. The van der Waals surface area contributed by atoms with E-state index in [9.17, 15) is 9.59 Å². The number of nitriles is 1. The van der Waals surface area contributed by atoms with Crippen LogP contribution < -0.4 is 15.4 Å². The predicted molar refractivity (Wildman–Crippen MR) is 104 cm³/mol. The monoisotopic (exact) mass is 366 g/mol. The van der Waals surface area contributed by atoms with E-state index in [1.807, 2.05) is 38.1 Å². The van der Waals surface area contributed by atoms with Gasteiger partial charge < -0.3 is 20.3 Å². The van der Waals surface area contributed by atoms with E-state index in [1.54, 1.807) is 31.3 Å². The molecule has 7 heteroatoms. The number of anilines is 2. The van der Waals surface area contributed by atoms with Gasteiger partial charge in [-0.05, 0) is 49.2 Å². The Bertz CT molecular complexity index is 836. The zero-order valence-corrected chi connectivity index (χ0v) is 15.6. The van der Waals surface area contributed by atoms with Gasteiger partial charge in [-0.25, -0.2) is 4.79 Å². The lowest BCUT2D eigenvalue weighted by Crippen LogP contribution is -2.37. The number of likely N-dealkylation sites (N-methyl/N-ethyl adjacent to an activating group) is 1. The number of nitrogens with one attached hydrogen (secondary N) is 2. The fourth-order valence-electron chi connectivity index (χ4n) is 2.45. The standard InChI is InChI=1S/C20H22N4O3/c1-14-5-4-6-15(2)19(14)23-18(25)13-24(3)20(26)22-16-7-9-17(10-8-16)27-12-11-21/h4-10H,12-13H2,1-3H3,(H,22,26)(H,23,25). The van der Waals surface area contributed by atoms with Crippen LogP contribution in [0.1, 0.15) is 11.1 Å². The molecule has 0 aliphatic carbocycles. The highest BCUT2D eigenvalue weighted by atomic mass is 16.5. The number of benzene rings is 2. The van der Waals surface area contributed by atoms with Gasteiger partial charge in [-0.15, -0.1) is 0 Å². The third-order valence-electron chi connectivity index (χ3n) is 3.88. The van der Waals surface area contributed by atoms with Gasteiger partial charge in [-0.2, -0.15) is 5.26 Å². The van der Waals surface area contributed by atoms with Crippen LogP contribution in [0.3, 0.4) is 0 Å². The van der Waals surface area contributed by atoms with E-state index in [-0.39, 0.29) is 19.1 Å². The van der Waals surface area contributed by atoms with Crippen molar-refractivity contribution in [2.24, 2.45) is 0 Å². The number of hydrogen-bond donors (Lipinski definition) is 2. The molecule has 2 N–H and O–H groups in total. The lowest BCUT2D eigenvalue weighted by molar-refractivity contribution is -0.116. The van der Waals surface area contributed by atoms with Crippen LogP contribution in [0.25, 0.3) is 0 Å². The Balaban J connectivity index is 1.89. The summed E-state index contributed by atoms with van der Waals surface area (Å²) in [4.78, 5) is 25.8. The van der Waals surface area contributed by atoms with E-state index in [0.717, 1.165) is 16.8 Å². The van der Waals surface area contributed by atoms with Gasteiger partial charge in [-0.3, -0.25) is 4.79 Å². The first-order valence-electron chi connectivity index (χ1n) is 8.38. The van der Waals surface area contributed by atoms with Crippen molar-refractivity contribution >= 4 is 23.3 Å². The van der Waals surface area contributed by atoms with E-state index < -0.39 is 6.03 Å². The van der Waals surface area contributed by atoms with Crippen LogP contribution in [-0.4, -0.2) is 37.0 Å². The number of carbonyl (C=O) groups is 2. The maximum atomic E-state index is 12.3. The topological polar surface area (TPSA) is 94.5 Å². The molecule has 0 fully saturated rings. The summed E-state index contributed by atoms with van der Waals surface area (Å²) in [7, 11) is 1.55. The molecule has 0 unspecified atom stereocenters. The zero-order chi connectivity index (χ0) is 19.8. The van der Waals surface area contributed by atoms with Gasteiger partial charge >= 0.3 is 6.03 Å². The van der Waals surface area contributed by atoms with Crippen LogP contribution in [0.2, 0.25) is 0 Å². The summed E-state index contributed by atoms with van der Waals surface area (Å²) in [6, 6.07) is 13.9. The lowest BCUT2D eigenvalue weighted by Gasteiger charge is -2.19. The summed E-state index contributed by atoms with van der Waals surface area (Å²) < 4.78 is 5.15. The van der Waals surface area contributed by atoms with Crippen LogP contribution in [-0.2, 0) is 4.79 Å². The molecule has 0 atom stereocenters. The molecule has 0 saturated carbocycles. The first-order chi connectivity index (χ1) is 12.9. The van der Waals surface area contributed by atoms with Gasteiger partial charge in [0, 0.05) is 18.4 Å². The first kappa shape index (κ1) is 19.8. The molecule has 2 rings (SSSR count). The SMILES string of the molecule is Cc1cccc(C)c1NC(=O)CN(C)C(=O)Nc1ccc(OCC#N)cc1. The first-order valence-corrected chi connectivity index (χ1v) is 8.38. The fourth-order valence-corrected chi connectivity index (χ4v) is 2.45. The molecule has 3 amide bonds. The van der Waals surface area contributed by atoms with Crippen molar-refractivity contribution in [3.63, 3.8) is 0 Å². The highest BCUT2D eigenvalue weighted by Crippen LogP contribution is 2.19. The number of urea groups is 1. The minimum atomic E-state index is -0.405. The quantitative estimate of drug-likeness (QED) is 0.820. The Hall–Kier alpha value is -3.53. The molecule has 0 spiro atoms. The Morgan fingerprint density at radius 3 is 2.30 bits per heavy atom. The Morgan fingerprint density at radius 2 is 1.70 bits per heavy atom. The maximum absolute atomic E-state index is 12.3. The van der Waals surface area contributed by atoms with Gasteiger partial charge in [0.1, 0.15) is 18.4 Å². The van der Waals surface area contributed by atoms with Crippen LogP contribution >= 0.6 is 0 Å². The number of carbonyl (C=O) groups excluding carboxylic acids is 2. The molecule has 7 nitrogen and oxygen atoms in total.